The number of nitrogens with one attached hydrogen (secondary N) is 1. The van der Waals surface area contributed by atoms with Gasteiger partial charge < -0.3 is 5.32 Å². The predicted octanol–water partition coefficient (Wildman–Crippen LogP) is 1.25. The normalized spacial score (nSPS) is 9.00. The zero-order valence-corrected chi connectivity index (χ0v) is 7.48. The van der Waals surface area contributed by atoms with Crippen molar-refractivity contribution in [1.82, 2.24) is 5.32 Å². The molecule has 1 amide bonds. The number of carbonyl (C=O) groups excluding carboxylic acids is 1. The lowest BCUT2D eigenvalue weighted by Crippen LogP contribution is -2.11. The molecule has 9 heavy (non-hydrogen) atoms. The van der Waals surface area contributed by atoms with Crippen LogP contribution in [0, 0.1) is 0 Å². The first-order valence-electron chi connectivity index (χ1n) is 3.07. The Bertz CT molecular complexity index is 68.1. The van der Waals surface area contributed by atoms with Crippen LogP contribution in [0.3, 0.4) is 0 Å². The molecular weight excluding hydrogens is 229 g/mol. The molecule has 0 aromatic rings. The molecule has 0 aliphatic carbocycles. The van der Waals surface area contributed by atoms with Crippen LogP contribution in [-0.4, -0.2) is 17.4 Å². The van der Waals surface area contributed by atoms with Gasteiger partial charge in [0.25, 0.3) is 0 Å². The summed E-state index contributed by atoms with van der Waals surface area (Å²) in [6.45, 7) is 0.778. The number of unbranched alkanes of at least 4 members (excludes halogenated alkanes) is 2. The van der Waals surface area contributed by atoms with Crippen LogP contribution in [0.5, 0.6) is 0 Å². The monoisotopic (exact) mass is 240 g/mol. The molecule has 0 bridgehead atoms. The summed E-state index contributed by atoms with van der Waals surface area (Å²) in [6.07, 6.45) is 5.18. The van der Waals surface area contributed by atoms with Crippen LogP contribution in [0.2, 0.25) is 0 Å². The lowest BCUT2D eigenvalue weighted by molar-refractivity contribution is 0.538. The second kappa shape index (κ2) is 8.20. The predicted molar refractivity (Wildman–Crippen MR) is 46.4 cm³/mol. The Kier molecular flexibility index (Phi) is 8.38. The quantitative estimate of drug-likeness (QED) is 0.322. The van der Waals surface area contributed by atoms with Crippen LogP contribution in [-0.2, 0) is 4.79 Å². The van der Waals surface area contributed by atoms with Crippen molar-refractivity contribution in [2.75, 3.05) is 11.0 Å². The molecule has 2 nitrogen and oxygen atoms in total. The van der Waals surface area contributed by atoms with Gasteiger partial charge in [0, 0.05) is 6.54 Å². The molecule has 0 aromatic heterocycles. The van der Waals surface area contributed by atoms with E-state index in [1.165, 1.54) is 17.3 Å². The number of rotatable bonds is 6. The van der Waals surface area contributed by atoms with Crippen molar-refractivity contribution < 1.29 is 4.79 Å². The van der Waals surface area contributed by atoms with Crippen molar-refractivity contribution in [2.24, 2.45) is 0 Å². The second-order valence-corrected chi connectivity index (χ2v) is 2.86. The third-order valence-corrected chi connectivity index (χ3v) is 1.77. The molecule has 3 heteroatoms. The zero-order valence-electron chi connectivity index (χ0n) is 5.32. The van der Waals surface area contributed by atoms with Gasteiger partial charge in [-0.1, -0.05) is 29.0 Å². The molecule has 53 valence electrons. The summed E-state index contributed by atoms with van der Waals surface area (Å²) >= 11 is 2.35. The molecule has 0 heterocycles. The average molecular weight is 240 g/mol. The molecule has 0 aliphatic heterocycles. The van der Waals surface area contributed by atoms with Crippen molar-refractivity contribution in [2.45, 2.75) is 19.3 Å². The van der Waals surface area contributed by atoms with E-state index in [1.54, 1.807) is 6.41 Å². The highest BCUT2D eigenvalue weighted by molar-refractivity contribution is 14.1. The maximum Gasteiger partial charge on any atom is 0.309 e. The number of alkyl halides is 1. The summed E-state index contributed by atoms with van der Waals surface area (Å²) in [7, 11) is 0. The van der Waals surface area contributed by atoms with E-state index in [0.717, 1.165) is 13.0 Å². The lowest BCUT2D eigenvalue weighted by atomic mass is 10.2. The van der Waals surface area contributed by atoms with Gasteiger partial charge in [-0.25, -0.2) is 0 Å². The molecule has 0 saturated heterocycles. The number of hydrogen-bond acceptors (Lipinski definition) is 1. The maximum absolute atomic E-state index is 9.60. The van der Waals surface area contributed by atoms with Crippen LogP contribution in [0.4, 0.5) is 0 Å². The van der Waals surface area contributed by atoms with Crippen molar-refractivity contribution in [3.05, 3.63) is 0 Å². The summed E-state index contributed by atoms with van der Waals surface area (Å²) < 4.78 is 1.21. The van der Waals surface area contributed by atoms with E-state index in [-0.39, 0.29) is 0 Å². The first-order valence-corrected chi connectivity index (χ1v) is 4.60. The average Bonchev–Trinajstić information content (AvgIpc) is 1.89. The molecule has 0 rings (SSSR count). The molecule has 0 saturated carbocycles. The first-order chi connectivity index (χ1) is 4.41. The Balaban J connectivity index is 2.66. The molecule has 0 fully saturated rings. The Morgan fingerprint density at radius 2 is 2.11 bits per heavy atom. The molecule has 1 N–H and O–H groups in total. The summed E-state index contributed by atoms with van der Waals surface area (Å²) in [6, 6.07) is 0. The number of halogens is 1. The van der Waals surface area contributed by atoms with Gasteiger partial charge in [0.05, 0.1) is 0 Å². The first kappa shape index (κ1) is 9.20. The number of hydrogen-bond donors (Lipinski definition) is 1. The highest BCUT2D eigenvalue weighted by atomic mass is 127. The van der Waals surface area contributed by atoms with E-state index >= 15 is 0 Å². The fourth-order valence-electron chi connectivity index (χ4n) is 0.536. The van der Waals surface area contributed by atoms with Gasteiger partial charge in [-0.2, -0.15) is 0 Å². The molecule has 0 spiro atoms. The fraction of sp³-hybridized carbons (Fsp3) is 0.833. The van der Waals surface area contributed by atoms with E-state index in [2.05, 4.69) is 27.9 Å². The van der Waals surface area contributed by atoms with Crippen LogP contribution < -0.4 is 5.32 Å². The van der Waals surface area contributed by atoms with Crippen molar-refractivity contribution >= 4 is 29.0 Å². The van der Waals surface area contributed by atoms with E-state index in [9.17, 15) is 4.79 Å². The van der Waals surface area contributed by atoms with Crippen molar-refractivity contribution in [3.63, 3.8) is 0 Å². The fourth-order valence-corrected chi connectivity index (χ4v) is 1.08. The van der Waals surface area contributed by atoms with Crippen LogP contribution >= 0.6 is 22.6 Å². The Hall–Kier alpha value is 0.200. The Labute approximate surface area is 69.5 Å². The zero-order chi connectivity index (χ0) is 6.95. The van der Waals surface area contributed by atoms with Crippen LogP contribution in [0.25, 0.3) is 0 Å². The van der Waals surface area contributed by atoms with E-state index < -0.39 is 0 Å². The largest absolute Gasteiger partial charge is 0.348 e. The molecule has 0 aromatic carbocycles. The minimum absolute atomic E-state index is 0.778. The summed E-state index contributed by atoms with van der Waals surface area (Å²) in [5, 5.41) is 2.50. The molecule has 0 unspecified atom stereocenters. The van der Waals surface area contributed by atoms with Crippen LogP contribution in [0.1, 0.15) is 19.3 Å². The molecule has 0 atom stereocenters. The van der Waals surface area contributed by atoms with Gasteiger partial charge in [0.1, 0.15) is 0 Å². The standard InChI is InChI=1S/C6H11INO/c7-4-2-1-3-5-8-6-9/h1-5H2,(H,8,9). The smallest absolute Gasteiger partial charge is 0.309 e. The number of amides is 1. The van der Waals surface area contributed by atoms with Gasteiger partial charge in [0.2, 0.25) is 0 Å². The van der Waals surface area contributed by atoms with Gasteiger partial charge in [-0.3, -0.25) is 4.79 Å². The van der Waals surface area contributed by atoms with Gasteiger partial charge in [-0.05, 0) is 17.3 Å². The van der Waals surface area contributed by atoms with E-state index in [0.29, 0.717) is 0 Å². The minimum Gasteiger partial charge on any atom is -0.348 e. The summed E-state index contributed by atoms with van der Waals surface area (Å²) in [4.78, 5) is 9.60. The molecular formula is C6H11INO. The highest BCUT2D eigenvalue weighted by Gasteiger charge is 1.85. The van der Waals surface area contributed by atoms with Crippen molar-refractivity contribution in [3.8, 4) is 0 Å². The highest BCUT2D eigenvalue weighted by Crippen LogP contribution is 1.96. The summed E-state index contributed by atoms with van der Waals surface area (Å²) in [5.74, 6) is 0. The second-order valence-electron chi connectivity index (χ2n) is 1.78. The van der Waals surface area contributed by atoms with E-state index in [4.69, 9.17) is 0 Å². The molecule has 0 aliphatic rings. The van der Waals surface area contributed by atoms with Crippen molar-refractivity contribution in [1.29, 1.82) is 0 Å². The van der Waals surface area contributed by atoms with Gasteiger partial charge >= 0.3 is 6.41 Å². The summed E-state index contributed by atoms with van der Waals surface area (Å²) in [5.41, 5.74) is 0. The third-order valence-electron chi connectivity index (χ3n) is 1.01. The van der Waals surface area contributed by atoms with Crippen LogP contribution in [0.15, 0.2) is 0 Å². The van der Waals surface area contributed by atoms with E-state index in [1.807, 2.05) is 0 Å². The Morgan fingerprint density at radius 3 is 2.67 bits per heavy atom. The lowest BCUT2D eigenvalue weighted by Gasteiger charge is -1.94. The third kappa shape index (κ3) is 8.20. The maximum atomic E-state index is 9.60. The topological polar surface area (TPSA) is 29.1 Å². The molecule has 1 radical (unpaired) electrons. The SMILES string of the molecule is O=[C]NCCCCCI. The van der Waals surface area contributed by atoms with Gasteiger partial charge in [-0.15, -0.1) is 0 Å². The minimum atomic E-state index is 0.778. The Morgan fingerprint density at radius 1 is 1.33 bits per heavy atom. The van der Waals surface area contributed by atoms with Gasteiger partial charge in [0.15, 0.2) is 0 Å².